The molecule has 0 saturated heterocycles. The van der Waals surface area contributed by atoms with Crippen LogP contribution in [0.25, 0.3) is 5.78 Å². The van der Waals surface area contributed by atoms with Crippen molar-refractivity contribution in [2.75, 3.05) is 0 Å². The van der Waals surface area contributed by atoms with Crippen LogP contribution in [0, 0.1) is 0 Å². The monoisotopic (exact) mass is 202 g/mol. The lowest BCUT2D eigenvalue weighted by Gasteiger charge is -2.19. The van der Waals surface area contributed by atoms with Gasteiger partial charge in [0.05, 0.1) is 0 Å². The zero-order valence-corrected chi connectivity index (χ0v) is 8.63. The second-order valence-electron chi connectivity index (χ2n) is 4.18. The molecule has 0 N–H and O–H groups in total. The van der Waals surface area contributed by atoms with Crippen LogP contribution in [0.5, 0.6) is 0 Å². The Balaban J connectivity index is 2.02. The minimum Gasteiger partial charge on any atom is -0.270 e. The highest BCUT2D eigenvalue weighted by Gasteiger charge is 2.20. The van der Waals surface area contributed by atoms with Crippen LogP contribution in [0.2, 0.25) is 0 Å². The fourth-order valence-corrected chi connectivity index (χ4v) is 2.40. The Kier molecular flexibility index (Phi) is 2.12. The second kappa shape index (κ2) is 3.61. The first kappa shape index (κ1) is 8.83. The van der Waals surface area contributed by atoms with E-state index in [1.807, 2.05) is 16.7 Å². The molecule has 4 heteroatoms. The van der Waals surface area contributed by atoms with Crippen molar-refractivity contribution in [1.29, 1.82) is 0 Å². The van der Waals surface area contributed by atoms with Crippen LogP contribution in [0.1, 0.15) is 43.8 Å². The summed E-state index contributed by atoms with van der Waals surface area (Å²) >= 11 is 0. The molecule has 15 heavy (non-hydrogen) atoms. The van der Waals surface area contributed by atoms with E-state index >= 15 is 0 Å². The molecule has 4 nitrogen and oxygen atoms in total. The average molecular weight is 202 g/mol. The number of fused-ring (bicyclic) bond motifs is 1. The maximum Gasteiger partial charge on any atom is 0.254 e. The number of hydrogen-bond acceptors (Lipinski definition) is 3. The number of hydrogen-bond donors (Lipinski definition) is 0. The summed E-state index contributed by atoms with van der Waals surface area (Å²) in [6.45, 7) is 0. The van der Waals surface area contributed by atoms with E-state index in [2.05, 4.69) is 15.2 Å². The average Bonchev–Trinajstić information content (AvgIpc) is 2.74. The summed E-state index contributed by atoms with van der Waals surface area (Å²) in [6, 6.07) is 1.93. The van der Waals surface area contributed by atoms with Gasteiger partial charge in [0.15, 0.2) is 0 Å². The largest absolute Gasteiger partial charge is 0.270 e. The highest BCUT2D eigenvalue weighted by Crippen LogP contribution is 2.31. The Morgan fingerprint density at radius 1 is 1.13 bits per heavy atom. The first-order valence-electron chi connectivity index (χ1n) is 5.61. The molecule has 0 unspecified atom stereocenters. The summed E-state index contributed by atoms with van der Waals surface area (Å²) in [5.74, 6) is 2.40. The summed E-state index contributed by atoms with van der Waals surface area (Å²) in [6.07, 6.45) is 10.3. The molecule has 0 bridgehead atoms. The lowest BCUT2D eigenvalue weighted by molar-refractivity contribution is 0.426. The van der Waals surface area contributed by atoms with Gasteiger partial charge < -0.3 is 0 Å². The molecule has 78 valence electrons. The highest BCUT2D eigenvalue weighted by atomic mass is 15.3. The van der Waals surface area contributed by atoms with Crippen molar-refractivity contribution in [3.05, 3.63) is 24.3 Å². The fraction of sp³-hybridized carbons (Fsp3) is 0.545. The van der Waals surface area contributed by atoms with Crippen molar-refractivity contribution in [3.63, 3.8) is 0 Å². The van der Waals surface area contributed by atoms with Gasteiger partial charge in [0, 0.05) is 18.3 Å². The highest BCUT2D eigenvalue weighted by molar-refractivity contribution is 5.27. The van der Waals surface area contributed by atoms with Gasteiger partial charge in [0.2, 0.25) is 0 Å². The minimum absolute atomic E-state index is 0.581. The van der Waals surface area contributed by atoms with Crippen molar-refractivity contribution in [2.24, 2.45) is 0 Å². The van der Waals surface area contributed by atoms with Gasteiger partial charge in [-0.1, -0.05) is 19.3 Å². The molecule has 1 aliphatic carbocycles. The maximum absolute atomic E-state index is 4.27. The Labute approximate surface area is 88.4 Å². The Bertz CT molecular complexity index is 456. The van der Waals surface area contributed by atoms with Crippen molar-refractivity contribution < 1.29 is 0 Å². The predicted molar refractivity (Wildman–Crippen MR) is 56.6 cm³/mol. The third kappa shape index (κ3) is 1.50. The Morgan fingerprint density at radius 3 is 2.87 bits per heavy atom. The maximum atomic E-state index is 4.27. The van der Waals surface area contributed by atoms with E-state index in [1.54, 1.807) is 6.20 Å². The van der Waals surface area contributed by atoms with Crippen LogP contribution in [-0.4, -0.2) is 19.6 Å². The minimum atomic E-state index is 0.581. The zero-order valence-electron chi connectivity index (χ0n) is 8.63. The molecule has 0 aromatic carbocycles. The van der Waals surface area contributed by atoms with Gasteiger partial charge in [-0.3, -0.25) is 4.40 Å². The van der Waals surface area contributed by atoms with Crippen LogP contribution in [-0.2, 0) is 0 Å². The first-order chi connectivity index (χ1) is 7.45. The lowest BCUT2D eigenvalue weighted by atomic mass is 9.89. The normalized spacial score (nSPS) is 18.4. The van der Waals surface area contributed by atoms with Crippen molar-refractivity contribution in [3.8, 4) is 0 Å². The summed E-state index contributed by atoms with van der Waals surface area (Å²) in [5.41, 5.74) is 0. The van der Waals surface area contributed by atoms with E-state index < -0.39 is 0 Å². The molecular weight excluding hydrogens is 188 g/mol. The first-order valence-corrected chi connectivity index (χ1v) is 5.61. The Hall–Kier alpha value is -1.45. The molecule has 1 saturated carbocycles. The molecular formula is C11H14N4. The van der Waals surface area contributed by atoms with Gasteiger partial charge in [0.25, 0.3) is 5.78 Å². The molecule has 3 rings (SSSR count). The summed E-state index contributed by atoms with van der Waals surface area (Å²) in [5, 5.41) is 8.37. The van der Waals surface area contributed by atoms with E-state index in [-0.39, 0.29) is 0 Å². The van der Waals surface area contributed by atoms with Gasteiger partial charge in [-0.05, 0) is 18.9 Å². The third-order valence-corrected chi connectivity index (χ3v) is 3.19. The quantitative estimate of drug-likeness (QED) is 0.711. The lowest BCUT2D eigenvalue weighted by Crippen LogP contribution is -2.08. The topological polar surface area (TPSA) is 43.1 Å². The van der Waals surface area contributed by atoms with Crippen molar-refractivity contribution in [1.82, 2.24) is 19.6 Å². The van der Waals surface area contributed by atoms with E-state index in [0.717, 1.165) is 11.6 Å². The van der Waals surface area contributed by atoms with Gasteiger partial charge in [-0.15, -0.1) is 10.2 Å². The van der Waals surface area contributed by atoms with Gasteiger partial charge >= 0.3 is 0 Å². The smallest absolute Gasteiger partial charge is 0.254 e. The summed E-state index contributed by atoms with van der Waals surface area (Å²) in [4.78, 5) is 4.19. The van der Waals surface area contributed by atoms with Crippen LogP contribution in [0.4, 0.5) is 0 Å². The number of nitrogens with zero attached hydrogens (tertiary/aromatic N) is 4. The van der Waals surface area contributed by atoms with Crippen LogP contribution in [0.15, 0.2) is 18.5 Å². The van der Waals surface area contributed by atoms with E-state index in [0.29, 0.717) is 5.92 Å². The van der Waals surface area contributed by atoms with Crippen molar-refractivity contribution >= 4 is 5.78 Å². The molecule has 1 fully saturated rings. The van der Waals surface area contributed by atoms with E-state index in [4.69, 9.17) is 0 Å². The molecule has 0 aliphatic heterocycles. The molecule has 0 radical (unpaired) electrons. The van der Waals surface area contributed by atoms with E-state index in [9.17, 15) is 0 Å². The number of aromatic nitrogens is 4. The summed E-state index contributed by atoms with van der Waals surface area (Å²) < 4.78 is 2.02. The van der Waals surface area contributed by atoms with Crippen LogP contribution in [0.3, 0.4) is 0 Å². The molecule has 2 heterocycles. The molecule has 0 spiro atoms. The molecule has 0 amide bonds. The second-order valence-corrected chi connectivity index (χ2v) is 4.18. The SMILES string of the molecule is c1cnc2nnc(C3CCCCC3)n2c1. The van der Waals surface area contributed by atoms with Gasteiger partial charge in [-0.2, -0.15) is 0 Å². The zero-order chi connectivity index (χ0) is 10.1. The molecule has 0 atom stereocenters. The molecule has 1 aliphatic rings. The third-order valence-electron chi connectivity index (χ3n) is 3.19. The van der Waals surface area contributed by atoms with Crippen molar-refractivity contribution in [2.45, 2.75) is 38.0 Å². The number of rotatable bonds is 1. The van der Waals surface area contributed by atoms with Gasteiger partial charge in [-0.25, -0.2) is 4.98 Å². The predicted octanol–water partition coefficient (Wildman–Crippen LogP) is 2.17. The van der Waals surface area contributed by atoms with E-state index in [1.165, 1.54) is 32.1 Å². The van der Waals surface area contributed by atoms with Crippen LogP contribution < -0.4 is 0 Å². The Morgan fingerprint density at radius 2 is 2.00 bits per heavy atom. The fourth-order valence-electron chi connectivity index (χ4n) is 2.40. The summed E-state index contributed by atoms with van der Waals surface area (Å²) in [7, 11) is 0. The van der Waals surface area contributed by atoms with Gasteiger partial charge in [0.1, 0.15) is 5.82 Å². The standard InChI is InChI=1S/C11H14N4/c1-2-5-9(6-3-1)10-13-14-11-12-7-4-8-15(10)11/h4,7-9H,1-3,5-6H2. The molecule has 2 aromatic rings. The van der Waals surface area contributed by atoms with Crippen LogP contribution >= 0.6 is 0 Å². The molecule has 2 aromatic heterocycles.